The zero-order chi connectivity index (χ0) is 20.5. The quantitative estimate of drug-likeness (QED) is 0.551. The Morgan fingerprint density at radius 3 is 2.32 bits per heavy atom. The summed E-state index contributed by atoms with van der Waals surface area (Å²) >= 11 is 5.91. The van der Waals surface area contributed by atoms with Crippen LogP contribution in [0.4, 0.5) is 10.1 Å². The molecule has 8 nitrogen and oxygen atoms in total. The summed E-state index contributed by atoms with van der Waals surface area (Å²) in [6.07, 6.45) is 0. The van der Waals surface area contributed by atoms with Gasteiger partial charge in [-0.3, -0.25) is 14.9 Å². The molecule has 1 aliphatic rings. The van der Waals surface area contributed by atoms with Crippen LogP contribution in [-0.2, 0) is 10.0 Å². The second-order valence-corrected chi connectivity index (χ2v) is 8.33. The van der Waals surface area contributed by atoms with E-state index in [9.17, 15) is 27.7 Å². The molecule has 0 saturated carbocycles. The Bertz CT molecular complexity index is 1020. The van der Waals surface area contributed by atoms with Crippen molar-refractivity contribution in [3.05, 3.63) is 69.0 Å². The summed E-state index contributed by atoms with van der Waals surface area (Å²) in [6.45, 7) is -0.148. The molecule has 0 spiro atoms. The maximum Gasteiger partial charge on any atom is 0.289 e. The minimum Gasteiger partial charge on any atom is -0.336 e. The van der Waals surface area contributed by atoms with E-state index in [4.69, 9.17) is 11.6 Å². The second-order valence-electron chi connectivity index (χ2n) is 6.02. The molecule has 1 heterocycles. The molecule has 0 radical (unpaired) electrons. The molecule has 148 valence electrons. The van der Waals surface area contributed by atoms with Gasteiger partial charge < -0.3 is 4.90 Å². The Labute approximate surface area is 165 Å². The summed E-state index contributed by atoms with van der Waals surface area (Å²) in [7, 11) is -4.11. The Balaban J connectivity index is 1.79. The van der Waals surface area contributed by atoms with E-state index >= 15 is 0 Å². The lowest BCUT2D eigenvalue weighted by Crippen LogP contribution is -2.50. The molecule has 1 aliphatic heterocycles. The highest BCUT2D eigenvalue weighted by Gasteiger charge is 2.35. The van der Waals surface area contributed by atoms with Gasteiger partial charge in [-0.05, 0) is 18.2 Å². The van der Waals surface area contributed by atoms with Crippen molar-refractivity contribution in [2.75, 3.05) is 26.2 Å². The van der Waals surface area contributed by atoms with Gasteiger partial charge in [0, 0.05) is 32.2 Å². The highest BCUT2D eigenvalue weighted by Crippen LogP contribution is 2.27. The summed E-state index contributed by atoms with van der Waals surface area (Å²) in [5.74, 6) is -1.39. The summed E-state index contributed by atoms with van der Waals surface area (Å²) in [6, 6.07) is 8.97. The number of sulfonamides is 1. The maximum atomic E-state index is 14.0. The van der Waals surface area contributed by atoms with Crippen LogP contribution in [0.5, 0.6) is 0 Å². The zero-order valence-electron chi connectivity index (χ0n) is 14.4. The number of carbonyl (C=O) groups is 1. The van der Waals surface area contributed by atoms with Gasteiger partial charge in [-0.25, -0.2) is 12.8 Å². The van der Waals surface area contributed by atoms with Crippen molar-refractivity contribution < 1.29 is 22.5 Å². The molecule has 3 rings (SSSR count). The van der Waals surface area contributed by atoms with E-state index in [0.717, 1.165) is 16.4 Å². The van der Waals surface area contributed by atoms with E-state index in [1.807, 2.05) is 0 Å². The topological polar surface area (TPSA) is 101 Å². The molecule has 1 fully saturated rings. The van der Waals surface area contributed by atoms with E-state index in [0.29, 0.717) is 0 Å². The van der Waals surface area contributed by atoms with Crippen LogP contribution in [-0.4, -0.2) is 54.6 Å². The molecular formula is C17H15ClFN3O5S. The first-order chi connectivity index (χ1) is 13.2. The first-order valence-corrected chi connectivity index (χ1v) is 10.0. The molecule has 0 atom stereocenters. The SMILES string of the molecule is O=C(c1c(F)cccc1Cl)N1CCN(S(=O)(=O)c2ccccc2[N+](=O)[O-])CC1. The number of amides is 1. The van der Waals surface area contributed by atoms with Crippen molar-refractivity contribution in [3.63, 3.8) is 0 Å². The van der Waals surface area contributed by atoms with Gasteiger partial charge in [0.1, 0.15) is 5.82 Å². The number of halogens is 2. The van der Waals surface area contributed by atoms with Crippen molar-refractivity contribution >= 4 is 33.2 Å². The number of hydrogen-bond acceptors (Lipinski definition) is 5. The van der Waals surface area contributed by atoms with Crippen molar-refractivity contribution in [2.45, 2.75) is 4.90 Å². The fourth-order valence-electron chi connectivity index (χ4n) is 2.96. The number of carbonyl (C=O) groups excluding carboxylic acids is 1. The molecule has 11 heteroatoms. The van der Waals surface area contributed by atoms with E-state index < -0.39 is 37.3 Å². The van der Waals surface area contributed by atoms with Crippen molar-refractivity contribution in [1.29, 1.82) is 0 Å². The number of nitrogens with zero attached hydrogens (tertiary/aromatic N) is 3. The van der Waals surface area contributed by atoms with Gasteiger partial charge in [0.2, 0.25) is 10.0 Å². The third-order valence-corrected chi connectivity index (χ3v) is 6.64. The number of nitro benzene ring substituents is 1. The normalized spacial score (nSPS) is 15.4. The van der Waals surface area contributed by atoms with Crippen molar-refractivity contribution in [3.8, 4) is 0 Å². The van der Waals surface area contributed by atoms with Crippen molar-refractivity contribution in [1.82, 2.24) is 9.21 Å². The van der Waals surface area contributed by atoms with E-state index in [1.165, 1.54) is 35.2 Å². The molecular weight excluding hydrogens is 413 g/mol. The van der Waals surface area contributed by atoms with Gasteiger partial charge in [-0.1, -0.05) is 29.8 Å². The lowest BCUT2D eigenvalue weighted by molar-refractivity contribution is -0.387. The Kier molecular flexibility index (Phi) is 5.64. The first-order valence-electron chi connectivity index (χ1n) is 8.20. The third-order valence-electron chi connectivity index (χ3n) is 4.38. The van der Waals surface area contributed by atoms with Crippen LogP contribution in [0.25, 0.3) is 0 Å². The summed E-state index contributed by atoms with van der Waals surface area (Å²) in [5, 5.41) is 11.1. The number of rotatable bonds is 4. The van der Waals surface area contributed by atoms with Crippen LogP contribution in [0.15, 0.2) is 47.4 Å². The third kappa shape index (κ3) is 3.71. The summed E-state index contributed by atoms with van der Waals surface area (Å²) in [4.78, 5) is 23.8. The number of para-hydroxylation sites is 1. The van der Waals surface area contributed by atoms with E-state index in [1.54, 1.807) is 0 Å². The van der Waals surface area contributed by atoms with Crippen LogP contribution in [0, 0.1) is 15.9 Å². The number of hydrogen-bond donors (Lipinski definition) is 0. The number of piperazine rings is 1. The van der Waals surface area contributed by atoms with Gasteiger partial charge in [-0.2, -0.15) is 4.31 Å². The molecule has 0 aromatic heterocycles. The monoisotopic (exact) mass is 427 g/mol. The van der Waals surface area contributed by atoms with Gasteiger partial charge >= 0.3 is 0 Å². The molecule has 0 unspecified atom stereocenters. The van der Waals surface area contributed by atoms with Crippen LogP contribution >= 0.6 is 11.6 Å². The molecule has 2 aromatic rings. The Morgan fingerprint density at radius 1 is 1.07 bits per heavy atom. The second kappa shape index (κ2) is 7.82. The predicted molar refractivity (Wildman–Crippen MR) is 99.2 cm³/mol. The van der Waals surface area contributed by atoms with E-state index in [2.05, 4.69) is 0 Å². The van der Waals surface area contributed by atoms with Crippen LogP contribution in [0.1, 0.15) is 10.4 Å². The zero-order valence-corrected chi connectivity index (χ0v) is 16.0. The minimum absolute atomic E-state index is 0.00333. The van der Waals surface area contributed by atoms with Crippen molar-refractivity contribution in [2.24, 2.45) is 0 Å². The average Bonchev–Trinajstić information content (AvgIpc) is 2.67. The van der Waals surface area contributed by atoms with Crippen LogP contribution in [0.2, 0.25) is 5.02 Å². The Morgan fingerprint density at radius 2 is 1.71 bits per heavy atom. The van der Waals surface area contributed by atoms with Crippen LogP contribution in [0.3, 0.4) is 0 Å². The standard InChI is InChI=1S/C17H15ClFN3O5S/c18-12-4-3-5-13(19)16(12)17(23)20-8-10-21(11-9-20)28(26,27)15-7-2-1-6-14(15)22(24)25/h1-7H,8-11H2. The van der Waals surface area contributed by atoms with Gasteiger partial charge in [-0.15, -0.1) is 0 Å². The highest BCUT2D eigenvalue weighted by molar-refractivity contribution is 7.89. The molecule has 28 heavy (non-hydrogen) atoms. The van der Waals surface area contributed by atoms with Crippen LogP contribution < -0.4 is 0 Å². The minimum atomic E-state index is -4.11. The fourth-order valence-corrected chi connectivity index (χ4v) is 4.78. The lowest BCUT2D eigenvalue weighted by atomic mass is 10.1. The lowest BCUT2D eigenvalue weighted by Gasteiger charge is -2.34. The fraction of sp³-hybridized carbons (Fsp3) is 0.235. The molecule has 0 aliphatic carbocycles. The molecule has 0 bridgehead atoms. The maximum absolute atomic E-state index is 14.0. The summed E-state index contributed by atoms with van der Waals surface area (Å²) < 4.78 is 40.6. The first kappa shape index (κ1) is 20.2. The highest BCUT2D eigenvalue weighted by atomic mass is 35.5. The predicted octanol–water partition coefficient (Wildman–Crippen LogP) is 2.53. The Hall–Kier alpha value is -2.56. The molecule has 2 aromatic carbocycles. The smallest absolute Gasteiger partial charge is 0.289 e. The largest absolute Gasteiger partial charge is 0.336 e. The summed E-state index contributed by atoms with van der Waals surface area (Å²) in [5.41, 5.74) is -0.779. The van der Waals surface area contributed by atoms with Gasteiger partial charge in [0.25, 0.3) is 11.6 Å². The van der Waals surface area contributed by atoms with Gasteiger partial charge in [0.05, 0.1) is 15.5 Å². The molecule has 1 amide bonds. The number of nitro groups is 1. The van der Waals surface area contributed by atoms with E-state index in [-0.39, 0.29) is 36.8 Å². The molecule has 1 saturated heterocycles. The number of benzene rings is 2. The van der Waals surface area contributed by atoms with Gasteiger partial charge in [0.15, 0.2) is 4.90 Å². The average molecular weight is 428 g/mol. The molecule has 0 N–H and O–H groups in total.